The summed E-state index contributed by atoms with van der Waals surface area (Å²) in [5.74, 6) is 0. The number of benzene rings is 1. The summed E-state index contributed by atoms with van der Waals surface area (Å²) >= 11 is 1.56. The third-order valence-electron chi connectivity index (χ3n) is 3.98. The van der Waals surface area contributed by atoms with Gasteiger partial charge in [0, 0.05) is 44.1 Å². The molecule has 3 N–H and O–H groups in total. The minimum Gasteiger partial charge on any atom is -0.382 e. The molecule has 0 radical (unpaired) electrons. The van der Waals surface area contributed by atoms with E-state index in [0.717, 1.165) is 25.9 Å². The first-order valence-corrected chi connectivity index (χ1v) is 9.77. The Kier molecular flexibility index (Phi) is 12.2. The molecule has 0 aliphatic heterocycles. The number of nitrogens with one attached hydrogen (secondary N) is 3. The van der Waals surface area contributed by atoms with E-state index in [2.05, 4.69) is 71.9 Å². The van der Waals surface area contributed by atoms with Gasteiger partial charge in [0.1, 0.15) is 0 Å². The van der Waals surface area contributed by atoms with Crippen LogP contribution in [0.2, 0.25) is 0 Å². The van der Waals surface area contributed by atoms with E-state index in [-0.39, 0.29) is 0 Å². The van der Waals surface area contributed by atoms with E-state index in [0.29, 0.717) is 12.6 Å². The summed E-state index contributed by atoms with van der Waals surface area (Å²) in [6.07, 6.45) is 8.43. The normalized spacial score (nSPS) is 13.4. The van der Waals surface area contributed by atoms with Gasteiger partial charge in [-0.2, -0.15) is 0 Å². The Bertz CT molecular complexity index is 531. The highest BCUT2D eigenvalue weighted by atomic mass is 32.2. The highest BCUT2D eigenvalue weighted by Crippen LogP contribution is 2.16. The van der Waals surface area contributed by atoms with Crippen LogP contribution in [0, 0.1) is 6.92 Å². The Morgan fingerprint density at radius 2 is 2.08 bits per heavy atom. The van der Waals surface area contributed by atoms with Gasteiger partial charge in [-0.3, -0.25) is 4.72 Å². The van der Waals surface area contributed by atoms with Crippen molar-refractivity contribution in [2.45, 2.75) is 39.7 Å². The maximum absolute atomic E-state index is 5.02. The van der Waals surface area contributed by atoms with Crippen molar-refractivity contribution in [3.05, 3.63) is 53.6 Å². The highest BCUT2D eigenvalue weighted by Gasteiger charge is 2.07. The number of hydrogen-bond acceptors (Lipinski definition) is 5. The zero-order valence-corrected chi connectivity index (χ0v) is 16.8. The predicted octanol–water partition coefficient (Wildman–Crippen LogP) is 4.47. The Labute approximate surface area is 157 Å². The fourth-order valence-electron chi connectivity index (χ4n) is 2.34. The Morgan fingerprint density at radius 3 is 2.76 bits per heavy atom. The minimum absolute atomic E-state index is 0.484. The molecule has 25 heavy (non-hydrogen) atoms. The summed E-state index contributed by atoms with van der Waals surface area (Å²) < 4.78 is 11.7. The fraction of sp³-hybridized carbons (Fsp3) is 0.500. The van der Waals surface area contributed by atoms with Gasteiger partial charge in [0.25, 0.3) is 0 Å². The number of aryl methyl sites for hydroxylation is 1. The smallest absolute Gasteiger partial charge is 0.0646 e. The number of ether oxygens (including phenoxy) is 1. The third-order valence-corrected chi connectivity index (χ3v) is 4.62. The van der Waals surface area contributed by atoms with Gasteiger partial charge in [-0.25, -0.2) is 4.72 Å². The van der Waals surface area contributed by atoms with Crippen LogP contribution in [0.15, 0.2) is 48.1 Å². The average Bonchev–Trinajstić information content (AvgIpc) is 2.63. The predicted molar refractivity (Wildman–Crippen MR) is 112 cm³/mol. The first kappa shape index (κ1) is 21.8. The Morgan fingerprint density at radius 1 is 1.28 bits per heavy atom. The van der Waals surface area contributed by atoms with Crippen LogP contribution in [0.4, 0.5) is 5.69 Å². The van der Waals surface area contributed by atoms with Crippen LogP contribution in [0.25, 0.3) is 0 Å². The van der Waals surface area contributed by atoms with Gasteiger partial charge in [-0.1, -0.05) is 43.4 Å². The second kappa shape index (κ2) is 14.0. The van der Waals surface area contributed by atoms with Crippen molar-refractivity contribution in [2.75, 3.05) is 32.1 Å². The summed E-state index contributed by atoms with van der Waals surface area (Å²) in [6.45, 7) is 8.86. The van der Waals surface area contributed by atoms with Gasteiger partial charge in [-0.15, -0.1) is 0 Å². The van der Waals surface area contributed by atoms with Gasteiger partial charge in [0.15, 0.2) is 0 Å². The van der Waals surface area contributed by atoms with Gasteiger partial charge in [0.05, 0.1) is 6.61 Å². The number of para-hydroxylation sites is 1. The second-order valence-corrected chi connectivity index (χ2v) is 6.67. The molecule has 1 rings (SSSR count). The zero-order chi connectivity index (χ0) is 18.3. The quantitative estimate of drug-likeness (QED) is 0.274. The van der Waals surface area contributed by atoms with Crippen molar-refractivity contribution in [1.82, 2.24) is 9.44 Å². The number of rotatable bonds is 13. The molecule has 0 heterocycles. The number of allylic oxidation sites excluding steroid dienone is 1. The van der Waals surface area contributed by atoms with Crippen molar-refractivity contribution in [2.24, 2.45) is 0 Å². The fourth-order valence-corrected chi connectivity index (χ4v) is 2.90. The lowest BCUT2D eigenvalue weighted by atomic mass is 10.1. The molecule has 0 saturated carbocycles. The van der Waals surface area contributed by atoms with Gasteiger partial charge in [0.2, 0.25) is 0 Å². The lowest BCUT2D eigenvalue weighted by molar-refractivity contribution is 0.234. The van der Waals surface area contributed by atoms with Crippen molar-refractivity contribution in [3.8, 4) is 0 Å². The number of methoxy groups -OCH3 is 1. The van der Waals surface area contributed by atoms with Gasteiger partial charge < -0.3 is 10.1 Å². The molecular weight excluding hydrogens is 330 g/mol. The van der Waals surface area contributed by atoms with Crippen molar-refractivity contribution < 1.29 is 4.74 Å². The summed E-state index contributed by atoms with van der Waals surface area (Å²) in [5, 5.41) is 3.64. The standard InChI is InChI=1S/C20H33N3OS/c1-5-18(11-9-15-24-4)16-22-25-21-14-13-19(6-2)23-20-12-8-7-10-17(20)3/h5,7-12,19,21-23H,6,13-16H2,1-4H3/b11-9-,18-5+. The molecule has 0 aliphatic rings. The van der Waals surface area contributed by atoms with E-state index in [1.54, 1.807) is 19.2 Å². The SMILES string of the molecule is C/C=C(\C=C/COC)CNSNCCC(CC)Nc1ccccc1C. The number of hydrogen-bond donors (Lipinski definition) is 3. The lowest BCUT2D eigenvalue weighted by Gasteiger charge is -2.19. The van der Waals surface area contributed by atoms with Crippen LogP contribution in [-0.2, 0) is 4.74 Å². The van der Waals surface area contributed by atoms with Crippen molar-refractivity contribution in [1.29, 1.82) is 0 Å². The van der Waals surface area contributed by atoms with E-state index in [9.17, 15) is 0 Å². The summed E-state index contributed by atoms with van der Waals surface area (Å²) in [6, 6.07) is 8.94. The summed E-state index contributed by atoms with van der Waals surface area (Å²) in [4.78, 5) is 0. The molecule has 1 aromatic carbocycles. The van der Waals surface area contributed by atoms with Crippen molar-refractivity contribution in [3.63, 3.8) is 0 Å². The van der Waals surface area contributed by atoms with Crippen LogP contribution < -0.4 is 14.8 Å². The molecule has 0 aromatic heterocycles. The van der Waals surface area contributed by atoms with E-state index in [4.69, 9.17) is 4.74 Å². The molecule has 5 heteroatoms. The second-order valence-electron chi connectivity index (χ2n) is 5.89. The van der Waals surface area contributed by atoms with Crippen LogP contribution in [0.5, 0.6) is 0 Å². The first-order valence-electron chi connectivity index (χ1n) is 8.95. The maximum atomic E-state index is 5.02. The topological polar surface area (TPSA) is 45.3 Å². The molecule has 1 atom stereocenters. The number of anilines is 1. The van der Waals surface area contributed by atoms with Gasteiger partial charge >= 0.3 is 0 Å². The third kappa shape index (κ3) is 9.70. The van der Waals surface area contributed by atoms with E-state index in [1.807, 2.05) is 6.08 Å². The van der Waals surface area contributed by atoms with Crippen LogP contribution in [0.3, 0.4) is 0 Å². The van der Waals surface area contributed by atoms with Crippen LogP contribution >= 0.6 is 12.1 Å². The van der Waals surface area contributed by atoms with Gasteiger partial charge in [-0.05, 0) is 43.9 Å². The first-order chi connectivity index (χ1) is 12.2. The largest absolute Gasteiger partial charge is 0.382 e. The van der Waals surface area contributed by atoms with E-state index >= 15 is 0 Å². The summed E-state index contributed by atoms with van der Waals surface area (Å²) in [7, 11) is 1.70. The summed E-state index contributed by atoms with van der Waals surface area (Å²) in [5.41, 5.74) is 3.78. The molecule has 0 saturated heterocycles. The molecule has 0 aliphatic carbocycles. The zero-order valence-electron chi connectivity index (χ0n) is 16.0. The molecular formula is C20H33N3OS. The van der Waals surface area contributed by atoms with Crippen molar-refractivity contribution >= 4 is 17.8 Å². The molecule has 0 spiro atoms. The molecule has 0 fully saturated rings. The molecule has 1 aromatic rings. The van der Waals surface area contributed by atoms with Crippen LogP contribution in [0.1, 0.15) is 32.3 Å². The molecule has 4 nitrogen and oxygen atoms in total. The Hall–Kier alpha value is -1.27. The Balaban J connectivity index is 2.20. The highest BCUT2D eigenvalue weighted by molar-refractivity contribution is 7.95. The molecule has 140 valence electrons. The van der Waals surface area contributed by atoms with Crippen LogP contribution in [-0.4, -0.2) is 32.8 Å². The maximum Gasteiger partial charge on any atom is 0.0646 e. The molecule has 0 bridgehead atoms. The lowest BCUT2D eigenvalue weighted by Crippen LogP contribution is -2.25. The van der Waals surface area contributed by atoms with E-state index in [1.165, 1.54) is 16.8 Å². The minimum atomic E-state index is 0.484. The molecule has 1 unspecified atom stereocenters. The van der Waals surface area contributed by atoms with E-state index < -0.39 is 0 Å². The molecule has 0 amide bonds. The monoisotopic (exact) mass is 363 g/mol. The average molecular weight is 364 g/mol.